The normalized spacial score (nSPS) is 17.4. The molecule has 1 heterocycles. The molecular weight excluding hydrogens is 465 g/mol. The van der Waals surface area contributed by atoms with Gasteiger partial charge < -0.3 is 15.5 Å². The summed E-state index contributed by atoms with van der Waals surface area (Å²) in [5.74, 6) is 0.841. The third-order valence-corrected chi connectivity index (χ3v) is 5.98. The minimum absolute atomic E-state index is 0. The Balaban J connectivity index is 0.00000625. The molecule has 1 aliphatic heterocycles. The number of nitrogens with zero attached hydrogens (tertiary/aromatic N) is 3. The second-order valence-electron chi connectivity index (χ2n) is 6.92. The van der Waals surface area contributed by atoms with Crippen LogP contribution >= 0.6 is 24.0 Å². The van der Waals surface area contributed by atoms with Crippen LogP contribution in [0, 0.1) is 0 Å². The predicted molar refractivity (Wildman–Crippen MR) is 121 cm³/mol. The van der Waals surface area contributed by atoms with Gasteiger partial charge in [0.2, 0.25) is 10.0 Å². The SMILES string of the molecule is CCNC(=NCCCN(CC)S(C)(=O)=O)NC1CCN(C(C)C)CC1.I. The van der Waals surface area contributed by atoms with Crippen LogP contribution in [0.5, 0.6) is 0 Å². The fraction of sp³-hybridized carbons (Fsp3) is 0.941. The van der Waals surface area contributed by atoms with Crippen LogP contribution in [0.2, 0.25) is 0 Å². The molecule has 0 bridgehead atoms. The van der Waals surface area contributed by atoms with E-state index in [-0.39, 0.29) is 24.0 Å². The Morgan fingerprint density at radius 1 is 1.27 bits per heavy atom. The molecule has 0 aromatic heterocycles. The van der Waals surface area contributed by atoms with Crippen molar-refractivity contribution in [1.82, 2.24) is 19.8 Å². The predicted octanol–water partition coefficient (Wildman–Crippen LogP) is 1.70. The summed E-state index contributed by atoms with van der Waals surface area (Å²) in [7, 11) is -3.11. The molecule has 0 aliphatic carbocycles. The highest BCUT2D eigenvalue weighted by Gasteiger charge is 2.21. The molecule has 1 aliphatic rings. The van der Waals surface area contributed by atoms with E-state index in [0.29, 0.717) is 31.7 Å². The van der Waals surface area contributed by atoms with Crippen molar-refractivity contribution in [2.75, 3.05) is 45.5 Å². The number of aliphatic imine (C=N–C) groups is 1. The van der Waals surface area contributed by atoms with Gasteiger partial charge in [0.25, 0.3) is 0 Å². The fourth-order valence-electron chi connectivity index (χ4n) is 3.07. The molecule has 7 nitrogen and oxygen atoms in total. The van der Waals surface area contributed by atoms with Gasteiger partial charge in [-0.25, -0.2) is 12.7 Å². The average Bonchev–Trinajstić information content (AvgIpc) is 2.54. The molecule has 0 aromatic carbocycles. The van der Waals surface area contributed by atoms with Crippen LogP contribution in [0.25, 0.3) is 0 Å². The van der Waals surface area contributed by atoms with Crippen molar-refractivity contribution < 1.29 is 8.42 Å². The van der Waals surface area contributed by atoms with Gasteiger partial charge in [-0.3, -0.25) is 4.99 Å². The number of hydrogen-bond donors (Lipinski definition) is 2. The molecule has 0 amide bonds. The summed E-state index contributed by atoms with van der Waals surface area (Å²) >= 11 is 0. The van der Waals surface area contributed by atoms with Gasteiger partial charge in [0.1, 0.15) is 0 Å². The summed E-state index contributed by atoms with van der Waals surface area (Å²) in [6, 6.07) is 1.06. The van der Waals surface area contributed by atoms with Crippen molar-refractivity contribution in [3.8, 4) is 0 Å². The van der Waals surface area contributed by atoms with Crippen LogP contribution < -0.4 is 10.6 Å². The molecule has 26 heavy (non-hydrogen) atoms. The van der Waals surface area contributed by atoms with E-state index in [2.05, 4.69) is 41.3 Å². The smallest absolute Gasteiger partial charge is 0.211 e. The molecule has 1 saturated heterocycles. The van der Waals surface area contributed by atoms with Crippen molar-refractivity contribution >= 4 is 40.0 Å². The number of hydrogen-bond acceptors (Lipinski definition) is 4. The lowest BCUT2D eigenvalue weighted by Gasteiger charge is -2.35. The molecular formula is C17H38IN5O2S. The zero-order valence-corrected chi connectivity index (χ0v) is 20.1. The lowest BCUT2D eigenvalue weighted by Crippen LogP contribution is -2.49. The number of likely N-dealkylation sites (tertiary alicyclic amines) is 1. The van der Waals surface area contributed by atoms with Gasteiger partial charge in [-0.15, -0.1) is 24.0 Å². The molecule has 0 radical (unpaired) electrons. The largest absolute Gasteiger partial charge is 0.357 e. The molecule has 0 aromatic rings. The highest BCUT2D eigenvalue weighted by Crippen LogP contribution is 2.12. The van der Waals surface area contributed by atoms with Gasteiger partial charge in [0.15, 0.2) is 5.96 Å². The van der Waals surface area contributed by atoms with Gasteiger partial charge in [0.05, 0.1) is 6.26 Å². The Bertz CT molecular complexity index is 505. The van der Waals surface area contributed by atoms with Gasteiger partial charge in [-0.1, -0.05) is 6.92 Å². The number of guanidine groups is 1. The van der Waals surface area contributed by atoms with Crippen LogP contribution in [0.15, 0.2) is 4.99 Å². The summed E-state index contributed by atoms with van der Waals surface area (Å²) in [6.07, 6.45) is 4.23. The molecule has 0 unspecified atom stereocenters. The molecule has 0 spiro atoms. The highest BCUT2D eigenvalue weighted by molar-refractivity contribution is 14.0. The zero-order chi connectivity index (χ0) is 18.9. The van der Waals surface area contributed by atoms with Gasteiger partial charge in [-0.05, 0) is 40.0 Å². The first-order valence-electron chi connectivity index (χ1n) is 9.51. The van der Waals surface area contributed by atoms with Crippen LogP contribution in [0.4, 0.5) is 0 Å². The quantitative estimate of drug-likeness (QED) is 0.217. The second-order valence-corrected chi connectivity index (χ2v) is 8.90. The Morgan fingerprint density at radius 3 is 2.35 bits per heavy atom. The number of sulfonamides is 1. The molecule has 0 saturated carbocycles. The summed E-state index contributed by atoms with van der Waals surface area (Å²) in [5.41, 5.74) is 0. The maximum absolute atomic E-state index is 11.6. The zero-order valence-electron chi connectivity index (χ0n) is 17.0. The minimum atomic E-state index is -3.11. The summed E-state index contributed by atoms with van der Waals surface area (Å²) in [5, 5.41) is 6.82. The highest BCUT2D eigenvalue weighted by atomic mass is 127. The van der Waals surface area contributed by atoms with Crippen molar-refractivity contribution in [2.45, 2.75) is 59.0 Å². The topological polar surface area (TPSA) is 77.0 Å². The van der Waals surface area contributed by atoms with E-state index in [4.69, 9.17) is 0 Å². The lowest BCUT2D eigenvalue weighted by molar-refractivity contribution is 0.167. The Kier molecular flexibility index (Phi) is 13.0. The Morgan fingerprint density at radius 2 is 1.88 bits per heavy atom. The average molecular weight is 503 g/mol. The van der Waals surface area contributed by atoms with Crippen LogP contribution in [0.1, 0.15) is 47.0 Å². The molecule has 156 valence electrons. The lowest BCUT2D eigenvalue weighted by atomic mass is 10.0. The van der Waals surface area contributed by atoms with E-state index < -0.39 is 10.0 Å². The van der Waals surface area contributed by atoms with Crippen LogP contribution in [-0.2, 0) is 10.0 Å². The number of halogens is 1. The Labute approximate surface area is 177 Å². The summed E-state index contributed by atoms with van der Waals surface area (Å²) < 4.78 is 24.7. The van der Waals surface area contributed by atoms with Crippen LogP contribution in [-0.4, -0.2) is 81.2 Å². The second kappa shape index (κ2) is 13.1. The van der Waals surface area contributed by atoms with Gasteiger partial charge in [-0.2, -0.15) is 0 Å². The number of nitrogens with one attached hydrogen (secondary N) is 2. The first-order valence-corrected chi connectivity index (χ1v) is 11.4. The van der Waals surface area contributed by atoms with E-state index in [1.165, 1.54) is 10.6 Å². The van der Waals surface area contributed by atoms with Crippen molar-refractivity contribution in [2.24, 2.45) is 4.99 Å². The van der Waals surface area contributed by atoms with E-state index in [0.717, 1.165) is 44.9 Å². The van der Waals surface area contributed by atoms with Crippen molar-refractivity contribution in [3.05, 3.63) is 0 Å². The van der Waals surface area contributed by atoms with E-state index >= 15 is 0 Å². The first-order chi connectivity index (χ1) is 11.8. The molecule has 1 fully saturated rings. The van der Waals surface area contributed by atoms with Crippen molar-refractivity contribution in [1.29, 1.82) is 0 Å². The monoisotopic (exact) mass is 503 g/mol. The maximum Gasteiger partial charge on any atom is 0.211 e. The summed E-state index contributed by atoms with van der Waals surface area (Å²) in [6.45, 7) is 13.1. The van der Waals surface area contributed by atoms with E-state index in [1.807, 2.05) is 6.92 Å². The molecule has 0 atom stereocenters. The van der Waals surface area contributed by atoms with Crippen LogP contribution in [0.3, 0.4) is 0 Å². The standard InChI is InChI=1S/C17H37N5O2S.HI/c1-6-18-17(19-11-8-12-22(7-2)25(5,23)24)20-16-9-13-21(14-10-16)15(3)4;/h15-16H,6-14H2,1-5H3,(H2,18,19,20);1H. The Hall–Kier alpha value is -0.130. The first kappa shape index (κ1) is 25.9. The minimum Gasteiger partial charge on any atom is -0.357 e. The molecule has 2 N–H and O–H groups in total. The van der Waals surface area contributed by atoms with Gasteiger partial charge >= 0.3 is 0 Å². The van der Waals surface area contributed by atoms with Crippen molar-refractivity contribution in [3.63, 3.8) is 0 Å². The molecule has 9 heteroatoms. The maximum atomic E-state index is 11.6. The van der Waals surface area contributed by atoms with E-state index in [9.17, 15) is 8.42 Å². The summed E-state index contributed by atoms with van der Waals surface area (Å²) in [4.78, 5) is 7.12. The number of piperidine rings is 1. The number of rotatable bonds is 9. The third-order valence-electron chi connectivity index (χ3n) is 4.60. The third kappa shape index (κ3) is 9.70. The van der Waals surface area contributed by atoms with E-state index in [1.54, 1.807) is 0 Å². The molecule has 1 rings (SSSR count). The fourth-order valence-corrected chi connectivity index (χ4v) is 4.00. The van der Waals surface area contributed by atoms with Gasteiger partial charge in [0, 0.05) is 51.4 Å².